The molecule has 1 unspecified atom stereocenters. The molecule has 0 saturated carbocycles. The van der Waals surface area contributed by atoms with E-state index in [9.17, 15) is 9.59 Å². The molecule has 1 atom stereocenters. The molecule has 90 valence electrons. The Morgan fingerprint density at radius 1 is 1.19 bits per heavy atom. The highest BCUT2D eigenvalue weighted by Crippen LogP contribution is 2.19. The van der Waals surface area contributed by atoms with Crippen LogP contribution < -0.4 is 0 Å². The normalized spacial score (nSPS) is 26.6. The molecule has 2 fully saturated rings. The molecule has 4 nitrogen and oxygen atoms in total. The number of urea groups is 1. The van der Waals surface area contributed by atoms with Gasteiger partial charge in [-0.3, -0.25) is 0 Å². The quantitative estimate of drug-likeness (QED) is 0.649. The van der Waals surface area contributed by atoms with Crippen LogP contribution in [0.5, 0.6) is 0 Å². The van der Waals surface area contributed by atoms with Crippen molar-refractivity contribution in [2.24, 2.45) is 0 Å². The number of nitrogens with zero attached hydrogens (tertiary/aromatic N) is 2. The van der Waals surface area contributed by atoms with Crippen molar-refractivity contribution in [2.45, 2.75) is 25.3 Å². The van der Waals surface area contributed by atoms with Crippen LogP contribution in [0.3, 0.4) is 0 Å². The van der Waals surface area contributed by atoms with Gasteiger partial charge in [-0.05, 0) is 19.3 Å². The molecule has 0 aromatic rings. The number of carbonyl (C=O) groups is 2. The van der Waals surface area contributed by atoms with Crippen LogP contribution in [0, 0.1) is 0 Å². The van der Waals surface area contributed by atoms with Crippen LogP contribution >= 0.6 is 11.8 Å². The maximum absolute atomic E-state index is 12.2. The zero-order valence-corrected chi connectivity index (χ0v) is 10.2. The lowest BCUT2D eigenvalue weighted by molar-refractivity contribution is -0.112. The molecule has 2 aliphatic heterocycles. The fourth-order valence-corrected chi connectivity index (χ4v) is 3.18. The fraction of sp³-hybridized carbons (Fsp3) is 0.818. The van der Waals surface area contributed by atoms with Crippen molar-refractivity contribution >= 4 is 24.1 Å². The second kappa shape index (κ2) is 5.57. The zero-order valence-electron chi connectivity index (χ0n) is 9.43. The Morgan fingerprint density at radius 2 is 1.94 bits per heavy atom. The number of hydrogen-bond acceptors (Lipinski definition) is 3. The molecule has 2 rings (SSSR count). The van der Waals surface area contributed by atoms with Crippen LogP contribution in [0.4, 0.5) is 4.79 Å². The Hall–Kier alpha value is -0.710. The summed E-state index contributed by atoms with van der Waals surface area (Å²) >= 11 is 1.89. The topological polar surface area (TPSA) is 40.6 Å². The van der Waals surface area contributed by atoms with Gasteiger partial charge in [0, 0.05) is 31.1 Å². The number of thioether (sulfide) groups is 1. The third-order valence-electron chi connectivity index (χ3n) is 3.23. The summed E-state index contributed by atoms with van der Waals surface area (Å²) in [5.74, 6) is 2.04. The summed E-state index contributed by atoms with van der Waals surface area (Å²) in [5, 5.41) is 0. The van der Waals surface area contributed by atoms with E-state index in [1.54, 1.807) is 4.90 Å². The Bertz CT molecular complexity index is 267. The molecule has 2 heterocycles. The number of amides is 2. The van der Waals surface area contributed by atoms with E-state index in [-0.39, 0.29) is 12.1 Å². The van der Waals surface area contributed by atoms with Crippen molar-refractivity contribution in [1.82, 2.24) is 9.80 Å². The highest BCUT2D eigenvalue weighted by Gasteiger charge is 2.30. The fourth-order valence-electron chi connectivity index (χ4n) is 2.27. The smallest absolute Gasteiger partial charge is 0.320 e. The Balaban J connectivity index is 1.97. The summed E-state index contributed by atoms with van der Waals surface area (Å²) in [7, 11) is 0. The van der Waals surface area contributed by atoms with E-state index < -0.39 is 0 Å². The van der Waals surface area contributed by atoms with Gasteiger partial charge in [-0.2, -0.15) is 11.8 Å². The largest absolute Gasteiger partial charge is 0.323 e. The summed E-state index contributed by atoms with van der Waals surface area (Å²) in [5.41, 5.74) is 0. The molecule has 0 aliphatic carbocycles. The lowest BCUT2D eigenvalue weighted by Crippen LogP contribution is -2.52. The van der Waals surface area contributed by atoms with Crippen molar-refractivity contribution in [3.05, 3.63) is 0 Å². The molecule has 2 amide bonds. The molecule has 2 saturated heterocycles. The summed E-state index contributed by atoms with van der Waals surface area (Å²) in [6.45, 7) is 2.39. The van der Waals surface area contributed by atoms with Crippen molar-refractivity contribution in [3.63, 3.8) is 0 Å². The third-order valence-corrected chi connectivity index (χ3v) is 4.18. The van der Waals surface area contributed by atoms with E-state index >= 15 is 0 Å². The Kier molecular flexibility index (Phi) is 4.09. The molecule has 0 radical (unpaired) electrons. The third kappa shape index (κ3) is 2.51. The van der Waals surface area contributed by atoms with Gasteiger partial charge in [-0.1, -0.05) is 0 Å². The SMILES string of the molecule is O=CC1CCCCN1C(=O)N1CCSCC1. The highest BCUT2D eigenvalue weighted by atomic mass is 32.2. The standard InChI is InChI=1S/C11H18N2O2S/c14-9-10-3-1-2-4-13(10)11(15)12-5-7-16-8-6-12/h9-10H,1-8H2. The van der Waals surface area contributed by atoms with Gasteiger partial charge in [0.2, 0.25) is 0 Å². The van der Waals surface area contributed by atoms with E-state index in [0.29, 0.717) is 0 Å². The minimum Gasteiger partial charge on any atom is -0.323 e. The van der Waals surface area contributed by atoms with Crippen LogP contribution in [0.25, 0.3) is 0 Å². The van der Waals surface area contributed by atoms with Gasteiger partial charge >= 0.3 is 6.03 Å². The minimum atomic E-state index is -0.184. The van der Waals surface area contributed by atoms with E-state index in [2.05, 4.69) is 0 Å². The predicted molar refractivity (Wildman–Crippen MR) is 64.7 cm³/mol. The van der Waals surface area contributed by atoms with Gasteiger partial charge in [0.05, 0.1) is 6.04 Å². The molecule has 0 bridgehead atoms. The molecule has 0 aromatic heterocycles. The Labute approximate surface area is 100 Å². The van der Waals surface area contributed by atoms with Gasteiger partial charge in [0.1, 0.15) is 6.29 Å². The maximum Gasteiger partial charge on any atom is 0.320 e. The van der Waals surface area contributed by atoms with Gasteiger partial charge in [0.25, 0.3) is 0 Å². The lowest BCUT2D eigenvalue weighted by Gasteiger charge is -2.37. The van der Waals surface area contributed by atoms with Crippen LogP contribution in [-0.2, 0) is 4.79 Å². The molecular weight excluding hydrogens is 224 g/mol. The van der Waals surface area contributed by atoms with Crippen LogP contribution in [0.15, 0.2) is 0 Å². The molecule has 5 heteroatoms. The second-order valence-electron chi connectivity index (χ2n) is 4.27. The number of aldehydes is 1. The van der Waals surface area contributed by atoms with Gasteiger partial charge in [-0.15, -0.1) is 0 Å². The molecular formula is C11H18N2O2S. The number of piperidine rings is 1. The van der Waals surface area contributed by atoms with Gasteiger partial charge < -0.3 is 14.6 Å². The van der Waals surface area contributed by atoms with Crippen LogP contribution in [0.2, 0.25) is 0 Å². The van der Waals surface area contributed by atoms with Crippen LogP contribution in [0.1, 0.15) is 19.3 Å². The number of rotatable bonds is 1. The Morgan fingerprint density at radius 3 is 2.62 bits per heavy atom. The van der Waals surface area contributed by atoms with Crippen LogP contribution in [-0.4, -0.2) is 59.3 Å². The van der Waals surface area contributed by atoms with E-state index in [1.165, 1.54) is 0 Å². The minimum absolute atomic E-state index is 0.0668. The first kappa shape index (κ1) is 11.8. The first-order chi connectivity index (χ1) is 7.83. The first-order valence-electron chi connectivity index (χ1n) is 5.91. The van der Waals surface area contributed by atoms with Gasteiger partial charge in [-0.25, -0.2) is 4.79 Å². The van der Waals surface area contributed by atoms with E-state index in [1.807, 2.05) is 16.7 Å². The van der Waals surface area contributed by atoms with Crippen molar-refractivity contribution in [1.29, 1.82) is 0 Å². The monoisotopic (exact) mass is 242 g/mol. The molecule has 0 aromatic carbocycles. The van der Waals surface area contributed by atoms with Crippen molar-refractivity contribution in [2.75, 3.05) is 31.1 Å². The first-order valence-corrected chi connectivity index (χ1v) is 7.07. The second-order valence-corrected chi connectivity index (χ2v) is 5.50. The molecule has 0 spiro atoms. The number of hydrogen-bond donors (Lipinski definition) is 0. The highest BCUT2D eigenvalue weighted by molar-refractivity contribution is 7.99. The van der Waals surface area contributed by atoms with E-state index in [0.717, 1.165) is 56.7 Å². The number of carbonyl (C=O) groups excluding carboxylic acids is 2. The molecule has 2 aliphatic rings. The van der Waals surface area contributed by atoms with Gasteiger partial charge in [0.15, 0.2) is 0 Å². The lowest BCUT2D eigenvalue weighted by atomic mass is 10.0. The molecule has 0 N–H and O–H groups in total. The average Bonchev–Trinajstić information content (AvgIpc) is 2.39. The number of likely N-dealkylation sites (tertiary alicyclic amines) is 1. The summed E-state index contributed by atoms with van der Waals surface area (Å²) < 4.78 is 0. The van der Waals surface area contributed by atoms with Crippen molar-refractivity contribution < 1.29 is 9.59 Å². The summed E-state index contributed by atoms with van der Waals surface area (Å²) in [4.78, 5) is 26.8. The predicted octanol–water partition coefficient (Wildman–Crippen LogP) is 1.21. The summed E-state index contributed by atoms with van der Waals surface area (Å²) in [6.07, 6.45) is 3.84. The van der Waals surface area contributed by atoms with Crippen molar-refractivity contribution in [3.8, 4) is 0 Å². The maximum atomic E-state index is 12.2. The summed E-state index contributed by atoms with van der Waals surface area (Å²) in [6, 6.07) is -0.118. The average molecular weight is 242 g/mol. The molecule has 16 heavy (non-hydrogen) atoms. The zero-order chi connectivity index (χ0) is 11.4. The van der Waals surface area contributed by atoms with E-state index in [4.69, 9.17) is 0 Å².